The minimum atomic E-state index is -5.71. The van der Waals surface area contributed by atoms with E-state index in [9.17, 15) is 62.3 Å². The van der Waals surface area contributed by atoms with Crippen molar-refractivity contribution in [3.63, 3.8) is 0 Å². The lowest BCUT2D eigenvalue weighted by atomic mass is 10.2. The number of rotatable bonds is 13. The molecule has 5 aromatic rings. The third-order valence-corrected chi connectivity index (χ3v) is 9.76. The molecule has 0 saturated carbocycles. The summed E-state index contributed by atoms with van der Waals surface area (Å²) in [6.45, 7) is 3.86. The van der Waals surface area contributed by atoms with Crippen LogP contribution in [0.1, 0.15) is 57.6 Å². The van der Waals surface area contributed by atoms with E-state index < -0.39 is 79.1 Å². The molecule has 0 amide bonds. The monoisotopic (exact) mass is 1030 g/mol. The number of ether oxygens (including phenoxy) is 1. The second-order valence-electron chi connectivity index (χ2n) is 15.4. The number of nitrogen functional groups attached to an aromatic ring is 1. The first-order valence-electron chi connectivity index (χ1n) is 21.2. The zero-order valence-electron chi connectivity index (χ0n) is 37.9. The van der Waals surface area contributed by atoms with Gasteiger partial charge in [-0.1, -0.05) is 16.7 Å². The van der Waals surface area contributed by atoms with Crippen LogP contribution in [0, 0.1) is 11.2 Å². The highest BCUT2D eigenvalue weighted by molar-refractivity contribution is 5.94. The van der Waals surface area contributed by atoms with E-state index in [-0.39, 0.29) is 46.6 Å². The van der Waals surface area contributed by atoms with Gasteiger partial charge in [0.15, 0.2) is 5.82 Å². The molecule has 71 heavy (non-hydrogen) atoms. The Bertz CT molecular complexity index is 2600. The van der Waals surface area contributed by atoms with E-state index in [0.29, 0.717) is 6.20 Å². The van der Waals surface area contributed by atoms with Crippen LogP contribution in [0.25, 0.3) is 34.3 Å². The molecular weight excluding hydrogens is 983 g/mol. The molecule has 7 heterocycles. The van der Waals surface area contributed by atoms with Crippen molar-refractivity contribution in [3.05, 3.63) is 76.9 Å². The quantitative estimate of drug-likeness (QED) is 0.0334. The van der Waals surface area contributed by atoms with Gasteiger partial charge in [-0.3, -0.25) is 24.6 Å². The zero-order valence-corrected chi connectivity index (χ0v) is 37.9. The Balaban J connectivity index is 0.000000221. The number of esters is 1. The van der Waals surface area contributed by atoms with E-state index in [4.69, 9.17) is 11.1 Å². The zero-order chi connectivity index (χ0) is 52.7. The molecule has 0 radical (unpaired) electrons. The Morgan fingerprint density at radius 2 is 1.42 bits per heavy atom. The number of nitrogens with one attached hydrogen (secondary N) is 2. The summed E-state index contributed by atoms with van der Waals surface area (Å²) in [5.74, 6) is -12.0. The average molecular weight is 1030 g/mol. The van der Waals surface area contributed by atoms with Crippen molar-refractivity contribution in [2.24, 2.45) is 10.7 Å². The van der Waals surface area contributed by atoms with E-state index in [0.717, 1.165) is 28.4 Å². The van der Waals surface area contributed by atoms with Crippen LogP contribution in [0.2, 0.25) is 0 Å². The van der Waals surface area contributed by atoms with Crippen molar-refractivity contribution in [2.75, 3.05) is 40.3 Å². The third-order valence-electron chi connectivity index (χ3n) is 9.76. The number of H-pyrrole nitrogens is 1. The minimum absolute atomic E-state index is 0.0451. The molecule has 4 N–H and O–H groups in total. The molecule has 5 aromatic heterocycles. The van der Waals surface area contributed by atoms with Gasteiger partial charge in [-0.05, 0) is 38.3 Å². The van der Waals surface area contributed by atoms with Crippen LogP contribution in [0.3, 0.4) is 0 Å². The smallest absolute Gasteiger partial charge is 0.453 e. The fourth-order valence-electron chi connectivity index (χ4n) is 6.23. The van der Waals surface area contributed by atoms with Gasteiger partial charge in [0.25, 0.3) is 5.56 Å². The summed E-state index contributed by atoms with van der Waals surface area (Å²) in [5, 5.41) is 22.0. The molecule has 0 aliphatic carbocycles. The maximum atomic E-state index is 13.2. The number of halogens is 12. The summed E-state index contributed by atoms with van der Waals surface area (Å²) in [7, 11) is 3.25. The Morgan fingerprint density at radius 1 is 0.859 bits per heavy atom. The predicted octanol–water partition coefficient (Wildman–Crippen LogP) is 8.01. The normalized spacial score (nSPS) is 14.3. The number of aromatic amines is 1. The summed E-state index contributed by atoms with van der Waals surface area (Å²) in [5.41, 5.74) is 4.44. The number of hydrogen-bond donors (Lipinski definition) is 3. The largest absolute Gasteiger partial charge is 0.461 e. The summed E-state index contributed by atoms with van der Waals surface area (Å²) < 4.78 is 167. The van der Waals surface area contributed by atoms with Gasteiger partial charge in [0, 0.05) is 84.4 Å². The lowest BCUT2D eigenvalue weighted by Gasteiger charge is -2.27. The molecule has 2 aliphatic rings. The van der Waals surface area contributed by atoms with Crippen LogP contribution in [-0.2, 0) is 22.6 Å². The SMILES string of the molecule is C1CCC2=NCCCN2CC1.CCOC(=O)/C(F)=C/N(C)C.N=C(N)c1cc(-c2ccon2)n(CCC(F)(F)C(F)(F)F)n1.O=c1[nH]c(-c2cc(-c3ccon3)n(CCC(F)(F)C(F)(F)F)n2)ncc1F. The van der Waals surface area contributed by atoms with Crippen molar-refractivity contribution >= 4 is 17.6 Å². The van der Waals surface area contributed by atoms with Crippen molar-refractivity contribution in [1.82, 2.24) is 49.6 Å². The summed E-state index contributed by atoms with van der Waals surface area (Å²) in [6, 6.07) is 5.20. The molecule has 7 rings (SSSR count). The number of fused-ring (bicyclic) bond motifs is 1. The first-order chi connectivity index (χ1) is 33.2. The molecule has 0 unspecified atom stereocenters. The van der Waals surface area contributed by atoms with Crippen LogP contribution >= 0.6 is 0 Å². The molecule has 0 atom stereocenters. The molecule has 1 fully saturated rings. The van der Waals surface area contributed by atoms with E-state index in [2.05, 4.69) is 54.2 Å². The molecular formula is C41H47F12N13O5. The second-order valence-corrected chi connectivity index (χ2v) is 15.4. The standard InChI is InChI=1S/C14H9F6N5O2.C11H10F5N5O.C9H16N2.C7H12FNO2/c15-7-6-21-11(22-12(7)26)9-5-10(8-1-4-27-24-8)25(23-9)3-2-13(16,17)14(18,19)20;12-10(13,11(14,15)16)2-3-21-8(6-1-4-22-20-6)5-7(19-21)9(17)18;1-2-5-9-10-6-4-8-11(9)7-3-1;1-4-11-7(10)6(8)5-9(2)3/h1,4-6H,2-3H2,(H,21,22,26);1,4-5H,2-3H2,(H3,17,18);1-8H2;5H,4H2,1-3H3/b;;;6-5-. The number of carbonyl (C=O) groups is 1. The highest BCUT2D eigenvalue weighted by atomic mass is 19.4. The Morgan fingerprint density at radius 3 is 1.93 bits per heavy atom. The summed E-state index contributed by atoms with van der Waals surface area (Å²) in [6.07, 6.45) is -3.74. The van der Waals surface area contributed by atoms with Crippen molar-refractivity contribution in [2.45, 2.75) is 89.2 Å². The number of carbonyl (C=O) groups excluding carboxylic acids is 1. The van der Waals surface area contributed by atoms with Gasteiger partial charge in [0.1, 0.15) is 41.1 Å². The van der Waals surface area contributed by atoms with Crippen LogP contribution < -0.4 is 11.3 Å². The van der Waals surface area contributed by atoms with Gasteiger partial charge >= 0.3 is 30.2 Å². The van der Waals surface area contributed by atoms with E-state index in [1.807, 2.05) is 0 Å². The maximum absolute atomic E-state index is 13.2. The van der Waals surface area contributed by atoms with E-state index >= 15 is 0 Å². The minimum Gasteiger partial charge on any atom is -0.461 e. The molecule has 30 heteroatoms. The molecule has 1 saturated heterocycles. The van der Waals surface area contributed by atoms with Crippen molar-refractivity contribution < 1.29 is 71.3 Å². The highest BCUT2D eigenvalue weighted by Crippen LogP contribution is 2.40. The summed E-state index contributed by atoms with van der Waals surface area (Å²) in [4.78, 5) is 36.1. The van der Waals surface area contributed by atoms with Gasteiger partial charge in [0.2, 0.25) is 11.6 Å². The van der Waals surface area contributed by atoms with Gasteiger partial charge in [0.05, 0.1) is 30.0 Å². The van der Waals surface area contributed by atoms with Crippen LogP contribution in [0.4, 0.5) is 52.7 Å². The fourth-order valence-corrected chi connectivity index (χ4v) is 6.23. The Labute approximate surface area is 395 Å². The van der Waals surface area contributed by atoms with Crippen molar-refractivity contribution in [3.8, 4) is 34.3 Å². The number of aromatic nitrogens is 8. The molecule has 18 nitrogen and oxygen atoms in total. The molecule has 2 aliphatic heterocycles. The van der Waals surface area contributed by atoms with Gasteiger partial charge < -0.3 is 34.3 Å². The number of nitrogens with two attached hydrogens (primary N) is 1. The van der Waals surface area contributed by atoms with Crippen molar-refractivity contribution in [1.29, 1.82) is 5.41 Å². The molecule has 390 valence electrons. The third kappa shape index (κ3) is 16.2. The number of alkyl halides is 10. The first kappa shape index (κ1) is 56.4. The lowest BCUT2D eigenvalue weighted by Crippen LogP contribution is -2.37. The average Bonchev–Trinajstić information content (AvgIpc) is 4.13. The first-order valence-corrected chi connectivity index (χ1v) is 21.2. The fraction of sp³-hybridized carbons (Fsp3) is 0.488. The number of amidine groups is 2. The van der Waals surface area contributed by atoms with E-state index in [1.54, 1.807) is 21.0 Å². The van der Waals surface area contributed by atoms with Gasteiger partial charge in [-0.2, -0.15) is 62.9 Å². The Hall–Kier alpha value is -7.17. The number of hydrogen-bond acceptors (Lipinski definition) is 14. The second kappa shape index (κ2) is 24.6. The summed E-state index contributed by atoms with van der Waals surface area (Å²) >= 11 is 0. The lowest BCUT2D eigenvalue weighted by molar-refractivity contribution is -0.285. The predicted molar refractivity (Wildman–Crippen MR) is 228 cm³/mol. The van der Waals surface area contributed by atoms with Crippen LogP contribution in [-0.4, -0.2) is 132 Å². The Kier molecular flexibility index (Phi) is 19.5. The van der Waals surface area contributed by atoms with Gasteiger partial charge in [-0.25, -0.2) is 9.78 Å². The van der Waals surface area contributed by atoms with E-state index in [1.165, 1.54) is 86.5 Å². The number of aryl methyl sites for hydroxylation is 2. The molecule has 0 bridgehead atoms. The van der Waals surface area contributed by atoms with Crippen LogP contribution in [0.5, 0.6) is 0 Å². The topological polar surface area (TPSA) is 228 Å². The number of aliphatic imine (C=N–C) groups is 1. The molecule has 0 aromatic carbocycles. The molecule has 0 spiro atoms. The van der Waals surface area contributed by atoms with Gasteiger partial charge in [-0.15, -0.1) is 0 Å². The number of nitrogens with zero attached hydrogens (tertiary/aromatic N) is 10. The van der Waals surface area contributed by atoms with Crippen LogP contribution in [0.15, 0.2) is 73.8 Å². The maximum Gasteiger partial charge on any atom is 0.453 e. The highest BCUT2D eigenvalue weighted by Gasteiger charge is 2.57.